The van der Waals surface area contributed by atoms with Crippen LogP contribution in [0.1, 0.15) is 11.5 Å². The summed E-state index contributed by atoms with van der Waals surface area (Å²) in [6, 6.07) is 12.9. The molecule has 0 saturated heterocycles. The van der Waals surface area contributed by atoms with E-state index in [0.717, 1.165) is 10.8 Å². The first-order valence-electron chi connectivity index (χ1n) is 5.78. The quantitative estimate of drug-likeness (QED) is 0.610. The van der Waals surface area contributed by atoms with E-state index in [-0.39, 0.29) is 0 Å². The van der Waals surface area contributed by atoms with Crippen molar-refractivity contribution in [3.05, 3.63) is 68.3 Å². The first-order valence-corrected chi connectivity index (χ1v) is 5.78. The first-order chi connectivity index (χ1) is 9.06. The van der Waals surface area contributed by atoms with Gasteiger partial charge in [0.25, 0.3) is 0 Å². The Morgan fingerprint density at radius 1 is 0.895 bits per heavy atom. The van der Waals surface area contributed by atoms with Gasteiger partial charge in [0.1, 0.15) is 5.92 Å². The molecule has 0 aliphatic heterocycles. The van der Waals surface area contributed by atoms with Crippen molar-refractivity contribution in [1.29, 1.82) is 0 Å². The fraction of sp³-hybridized carbons (Fsp3) is 0.231. The molecule has 2 aromatic carbocycles. The van der Waals surface area contributed by atoms with E-state index in [1.54, 1.807) is 12.1 Å². The zero-order valence-corrected chi connectivity index (χ0v) is 10.1. The third kappa shape index (κ3) is 3.25. The molecule has 2 rings (SSSR count). The molecule has 0 saturated carbocycles. The van der Waals surface area contributed by atoms with Crippen molar-refractivity contribution in [2.24, 2.45) is 0 Å². The normalized spacial score (nSPS) is 10.8. The summed E-state index contributed by atoms with van der Waals surface area (Å²) in [6.45, 7) is -0.862. The second-order valence-electron chi connectivity index (χ2n) is 4.33. The second-order valence-corrected chi connectivity index (χ2v) is 4.33. The number of benzene rings is 2. The van der Waals surface area contributed by atoms with Gasteiger partial charge < -0.3 is 0 Å². The molecule has 6 nitrogen and oxygen atoms in total. The van der Waals surface area contributed by atoms with Crippen molar-refractivity contribution in [2.45, 2.75) is 5.92 Å². The molecule has 0 heterocycles. The van der Waals surface area contributed by atoms with Crippen molar-refractivity contribution >= 4 is 10.8 Å². The molecular weight excluding hydrogens is 248 g/mol. The highest BCUT2D eigenvalue weighted by atomic mass is 16.6. The summed E-state index contributed by atoms with van der Waals surface area (Å²) in [5.74, 6) is -0.699. The first kappa shape index (κ1) is 12.9. The molecule has 0 atom stereocenters. The van der Waals surface area contributed by atoms with E-state index >= 15 is 0 Å². The van der Waals surface area contributed by atoms with E-state index < -0.39 is 28.9 Å². The smallest absolute Gasteiger partial charge is 0.217 e. The van der Waals surface area contributed by atoms with E-state index in [0.29, 0.717) is 5.56 Å². The van der Waals surface area contributed by atoms with Crippen LogP contribution in [0.4, 0.5) is 0 Å². The van der Waals surface area contributed by atoms with Gasteiger partial charge in [0.05, 0.1) is 0 Å². The lowest BCUT2D eigenvalue weighted by molar-refractivity contribution is -0.516. The summed E-state index contributed by atoms with van der Waals surface area (Å²) in [6.07, 6.45) is 0. The average molecular weight is 260 g/mol. The highest BCUT2D eigenvalue weighted by Crippen LogP contribution is 2.22. The molecule has 0 amide bonds. The SMILES string of the molecule is O=[N+]([O-])CC(C[N+](=O)[O-])c1ccc2ccccc2c1. The van der Waals surface area contributed by atoms with Gasteiger partial charge in [0.15, 0.2) is 0 Å². The van der Waals surface area contributed by atoms with Crippen LogP contribution in [-0.2, 0) is 0 Å². The molecular formula is C13H12N2O4. The summed E-state index contributed by atoms with van der Waals surface area (Å²) in [5, 5.41) is 23.2. The Morgan fingerprint density at radius 2 is 1.47 bits per heavy atom. The molecule has 0 radical (unpaired) electrons. The average Bonchev–Trinajstić information content (AvgIpc) is 2.36. The zero-order chi connectivity index (χ0) is 13.8. The molecule has 0 fully saturated rings. The third-order valence-electron chi connectivity index (χ3n) is 2.98. The van der Waals surface area contributed by atoms with Crippen molar-refractivity contribution in [1.82, 2.24) is 0 Å². The second kappa shape index (κ2) is 5.43. The Labute approximate surface area is 109 Å². The summed E-state index contributed by atoms with van der Waals surface area (Å²) < 4.78 is 0. The van der Waals surface area contributed by atoms with E-state index in [1.807, 2.05) is 30.3 Å². The monoisotopic (exact) mass is 260 g/mol. The summed E-state index contributed by atoms with van der Waals surface area (Å²) in [5.41, 5.74) is 0.632. The van der Waals surface area contributed by atoms with Crippen molar-refractivity contribution in [2.75, 3.05) is 13.1 Å². The Balaban J connectivity index is 2.37. The number of hydrogen-bond donors (Lipinski definition) is 0. The molecule has 0 unspecified atom stereocenters. The molecule has 0 aliphatic rings. The Morgan fingerprint density at radius 3 is 2.05 bits per heavy atom. The predicted molar refractivity (Wildman–Crippen MR) is 70.4 cm³/mol. The van der Waals surface area contributed by atoms with Crippen LogP contribution < -0.4 is 0 Å². The topological polar surface area (TPSA) is 86.3 Å². The molecule has 0 spiro atoms. The van der Waals surface area contributed by atoms with E-state index in [4.69, 9.17) is 0 Å². The molecule has 98 valence electrons. The number of nitro groups is 2. The number of rotatable bonds is 5. The van der Waals surface area contributed by atoms with Crippen LogP contribution in [0.3, 0.4) is 0 Å². The Kier molecular flexibility index (Phi) is 3.70. The number of nitrogens with zero attached hydrogens (tertiary/aromatic N) is 2. The molecule has 0 bridgehead atoms. The van der Waals surface area contributed by atoms with Crippen LogP contribution in [0.15, 0.2) is 42.5 Å². The van der Waals surface area contributed by atoms with Crippen LogP contribution in [0, 0.1) is 20.2 Å². The van der Waals surface area contributed by atoms with Gasteiger partial charge in [0, 0.05) is 9.85 Å². The lowest BCUT2D eigenvalue weighted by Crippen LogP contribution is -2.20. The fourth-order valence-electron chi connectivity index (χ4n) is 2.09. The number of fused-ring (bicyclic) bond motifs is 1. The van der Waals surface area contributed by atoms with Gasteiger partial charge in [-0.15, -0.1) is 0 Å². The Hall–Kier alpha value is -2.50. The van der Waals surface area contributed by atoms with Gasteiger partial charge in [-0.25, -0.2) is 0 Å². The van der Waals surface area contributed by atoms with Crippen molar-refractivity contribution in [3.8, 4) is 0 Å². The lowest BCUT2D eigenvalue weighted by Gasteiger charge is -2.10. The third-order valence-corrected chi connectivity index (χ3v) is 2.98. The van der Waals surface area contributed by atoms with E-state index in [9.17, 15) is 20.2 Å². The summed E-state index contributed by atoms with van der Waals surface area (Å²) >= 11 is 0. The van der Waals surface area contributed by atoms with Gasteiger partial charge in [-0.2, -0.15) is 0 Å². The minimum atomic E-state index is -0.699. The van der Waals surface area contributed by atoms with Crippen molar-refractivity contribution < 1.29 is 9.85 Å². The van der Waals surface area contributed by atoms with Crippen molar-refractivity contribution in [3.63, 3.8) is 0 Å². The highest BCUT2D eigenvalue weighted by Gasteiger charge is 2.23. The zero-order valence-electron chi connectivity index (χ0n) is 10.1. The Bertz CT molecular complexity index is 611. The maximum atomic E-state index is 10.6. The number of hydrogen-bond acceptors (Lipinski definition) is 4. The maximum absolute atomic E-state index is 10.6. The fourth-order valence-corrected chi connectivity index (χ4v) is 2.09. The molecule has 2 aromatic rings. The molecule has 0 N–H and O–H groups in total. The van der Waals surface area contributed by atoms with E-state index in [1.165, 1.54) is 0 Å². The van der Waals surface area contributed by atoms with Gasteiger partial charge in [-0.1, -0.05) is 42.5 Å². The standard InChI is InChI=1S/C13H12N2O4/c16-14(17)8-13(9-15(18)19)12-6-5-10-3-1-2-4-11(10)7-12/h1-7,13H,8-9H2. The van der Waals surface area contributed by atoms with Gasteiger partial charge in [-0.05, 0) is 16.3 Å². The van der Waals surface area contributed by atoms with Crippen LogP contribution in [-0.4, -0.2) is 22.9 Å². The van der Waals surface area contributed by atoms with E-state index in [2.05, 4.69) is 0 Å². The maximum Gasteiger partial charge on any atom is 0.217 e. The minimum Gasteiger partial charge on any atom is -0.265 e. The molecule has 6 heteroatoms. The highest BCUT2D eigenvalue weighted by molar-refractivity contribution is 5.83. The molecule has 0 aromatic heterocycles. The molecule has 19 heavy (non-hydrogen) atoms. The minimum absolute atomic E-state index is 0.431. The van der Waals surface area contributed by atoms with Gasteiger partial charge in [0.2, 0.25) is 13.1 Å². The van der Waals surface area contributed by atoms with Crippen LogP contribution in [0.5, 0.6) is 0 Å². The van der Waals surface area contributed by atoms with Gasteiger partial charge in [-0.3, -0.25) is 20.2 Å². The van der Waals surface area contributed by atoms with Crippen LogP contribution in [0.25, 0.3) is 10.8 Å². The van der Waals surface area contributed by atoms with Crippen LogP contribution in [0.2, 0.25) is 0 Å². The lowest BCUT2D eigenvalue weighted by atomic mass is 9.96. The summed E-state index contributed by atoms with van der Waals surface area (Å²) in [7, 11) is 0. The largest absolute Gasteiger partial charge is 0.265 e. The van der Waals surface area contributed by atoms with Crippen LogP contribution >= 0.6 is 0 Å². The molecule has 0 aliphatic carbocycles. The summed E-state index contributed by atoms with van der Waals surface area (Å²) in [4.78, 5) is 20.2. The predicted octanol–water partition coefficient (Wildman–Crippen LogP) is 2.48. The van der Waals surface area contributed by atoms with Gasteiger partial charge >= 0.3 is 0 Å².